The predicted octanol–water partition coefficient (Wildman–Crippen LogP) is 4.73. The van der Waals surface area contributed by atoms with E-state index in [9.17, 15) is 9.18 Å². The highest BCUT2D eigenvalue weighted by Crippen LogP contribution is 2.32. The molecule has 0 saturated carbocycles. The standard InChI is InChI=1S/C29H32FN7O2/c1-17(18(2)21-5-4-6-22-26(29(38)31-3)23(30)15-33-27(21)22)12-32-25-11-24(36-16-37-25)20-13-34-28(35-14-20)19-7-9-39-10-8-19/h4-6,11,13-19H,7-10,12H2,1-3H3,(H,31,38)(H,32,36,37)/t17-,18?/m1/s1. The van der Waals surface area contributed by atoms with E-state index in [1.807, 2.05) is 30.6 Å². The van der Waals surface area contributed by atoms with Crippen LogP contribution in [0.3, 0.4) is 0 Å². The van der Waals surface area contributed by atoms with Crippen LogP contribution in [0.15, 0.2) is 49.2 Å². The molecule has 39 heavy (non-hydrogen) atoms. The van der Waals surface area contributed by atoms with E-state index in [1.165, 1.54) is 13.4 Å². The first-order valence-electron chi connectivity index (χ1n) is 13.2. The van der Waals surface area contributed by atoms with Crippen molar-refractivity contribution in [1.29, 1.82) is 0 Å². The van der Waals surface area contributed by atoms with Gasteiger partial charge in [-0.15, -0.1) is 0 Å². The third-order valence-electron chi connectivity index (χ3n) is 7.51. The van der Waals surface area contributed by atoms with Gasteiger partial charge in [0.25, 0.3) is 5.91 Å². The molecular formula is C29H32FN7O2. The summed E-state index contributed by atoms with van der Waals surface area (Å²) in [6.45, 7) is 6.37. The topological polar surface area (TPSA) is 115 Å². The Kier molecular flexibility index (Phi) is 8.02. The molecule has 1 saturated heterocycles. The van der Waals surface area contributed by atoms with Crippen molar-refractivity contribution < 1.29 is 13.9 Å². The Bertz CT molecular complexity index is 1460. The number of benzene rings is 1. The Labute approximate surface area is 226 Å². The van der Waals surface area contributed by atoms with Crippen LogP contribution in [-0.2, 0) is 4.74 Å². The predicted molar refractivity (Wildman–Crippen MR) is 147 cm³/mol. The Morgan fingerprint density at radius 2 is 1.85 bits per heavy atom. The molecule has 0 spiro atoms. The third-order valence-corrected chi connectivity index (χ3v) is 7.51. The summed E-state index contributed by atoms with van der Waals surface area (Å²) in [6, 6.07) is 7.45. The van der Waals surface area contributed by atoms with Gasteiger partial charge in [0.05, 0.1) is 23.0 Å². The van der Waals surface area contributed by atoms with E-state index in [4.69, 9.17) is 4.74 Å². The largest absolute Gasteiger partial charge is 0.381 e. The zero-order valence-corrected chi connectivity index (χ0v) is 22.3. The number of carbonyl (C=O) groups excluding carboxylic acids is 1. The second-order valence-corrected chi connectivity index (χ2v) is 9.96. The second kappa shape index (κ2) is 11.8. The molecular weight excluding hydrogens is 497 g/mol. The van der Waals surface area contributed by atoms with Gasteiger partial charge in [-0.1, -0.05) is 32.0 Å². The maximum absolute atomic E-state index is 14.5. The van der Waals surface area contributed by atoms with Crippen molar-refractivity contribution in [2.24, 2.45) is 5.92 Å². The minimum atomic E-state index is -0.635. The van der Waals surface area contributed by atoms with Crippen LogP contribution in [0, 0.1) is 11.7 Å². The summed E-state index contributed by atoms with van der Waals surface area (Å²) < 4.78 is 19.9. The van der Waals surface area contributed by atoms with Crippen molar-refractivity contribution in [3.63, 3.8) is 0 Å². The molecule has 1 fully saturated rings. The number of para-hydroxylation sites is 1. The molecule has 2 N–H and O–H groups in total. The minimum absolute atomic E-state index is 0.0145. The quantitative estimate of drug-likeness (QED) is 0.337. The SMILES string of the molecule is CNC(=O)c1c(F)cnc2c(C(C)[C@H](C)CNc3cc(-c4cnc(C5CCOCC5)nc4)ncn3)cccc12. The number of aromatic nitrogens is 5. The van der Waals surface area contributed by atoms with Crippen molar-refractivity contribution in [3.8, 4) is 11.3 Å². The number of ether oxygens (including phenoxy) is 1. The summed E-state index contributed by atoms with van der Waals surface area (Å²) in [5.74, 6) is 1.03. The highest BCUT2D eigenvalue weighted by atomic mass is 19.1. The van der Waals surface area contributed by atoms with Gasteiger partial charge in [0.1, 0.15) is 18.0 Å². The molecule has 3 aromatic heterocycles. The van der Waals surface area contributed by atoms with E-state index in [0.29, 0.717) is 29.2 Å². The van der Waals surface area contributed by atoms with Crippen molar-refractivity contribution in [1.82, 2.24) is 30.2 Å². The molecule has 1 aliphatic heterocycles. The summed E-state index contributed by atoms with van der Waals surface area (Å²) in [4.78, 5) is 34.6. The van der Waals surface area contributed by atoms with Gasteiger partial charge in [0.15, 0.2) is 5.82 Å². The maximum atomic E-state index is 14.5. The molecule has 9 nitrogen and oxygen atoms in total. The Hall–Kier alpha value is -4.05. The van der Waals surface area contributed by atoms with E-state index in [-0.39, 0.29) is 17.4 Å². The third kappa shape index (κ3) is 5.70. The molecule has 10 heteroatoms. The molecule has 0 aliphatic carbocycles. The van der Waals surface area contributed by atoms with Crippen LogP contribution in [-0.4, -0.2) is 57.6 Å². The zero-order chi connectivity index (χ0) is 27.4. The summed E-state index contributed by atoms with van der Waals surface area (Å²) in [5, 5.41) is 6.43. The number of nitrogens with zero attached hydrogens (tertiary/aromatic N) is 5. The fraction of sp³-hybridized carbons (Fsp3) is 0.379. The summed E-state index contributed by atoms with van der Waals surface area (Å²) in [7, 11) is 1.49. The lowest BCUT2D eigenvalue weighted by molar-refractivity contribution is 0.0836. The van der Waals surface area contributed by atoms with Crippen LogP contribution in [0.5, 0.6) is 0 Å². The molecule has 202 valence electrons. The summed E-state index contributed by atoms with van der Waals surface area (Å²) >= 11 is 0. The monoisotopic (exact) mass is 529 g/mol. The van der Waals surface area contributed by atoms with Gasteiger partial charge < -0.3 is 15.4 Å². The van der Waals surface area contributed by atoms with E-state index in [1.54, 1.807) is 6.07 Å². The number of rotatable bonds is 8. The number of halogens is 1. The van der Waals surface area contributed by atoms with Gasteiger partial charge in [0, 0.05) is 62.1 Å². The number of nitrogens with one attached hydrogen (secondary N) is 2. The van der Waals surface area contributed by atoms with Crippen molar-refractivity contribution >= 4 is 22.6 Å². The average Bonchev–Trinajstić information content (AvgIpc) is 2.99. The van der Waals surface area contributed by atoms with E-state index < -0.39 is 11.7 Å². The number of pyridine rings is 1. The number of carbonyl (C=O) groups is 1. The average molecular weight is 530 g/mol. The van der Waals surface area contributed by atoms with Gasteiger partial charge in [-0.3, -0.25) is 9.78 Å². The Morgan fingerprint density at radius 1 is 1.08 bits per heavy atom. The van der Waals surface area contributed by atoms with Crippen LogP contribution in [0.4, 0.5) is 10.2 Å². The van der Waals surface area contributed by atoms with Gasteiger partial charge in [-0.2, -0.15) is 0 Å². The first-order valence-corrected chi connectivity index (χ1v) is 13.2. The van der Waals surface area contributed by atoms with Gasteiger partial charge in [-0.05, 0) is 30.2 Å². The molecule has 0 radical (unpaired) electrons. The number of hydrogen-bond acceptors (Lipinski definition) is 8. The van der Waals surface area contributed by atoms with Gasteiger partial charge in [-0.25, -0.2) is 24.3 Å². The smallest absolute Gasteiger partial charge is 0.254 e. The molecule has 1 aromatic carbocycles. The highest BCUT2D eigenvalue weighted by Gasteiger charge is 2.22. The first kappa shape index (κ1) is 26.6. The number of fused-ring (bicyclic) bond motifs is 1. The van der Waals surface area contributed by atoms with E-state index >= 15 is 0 Å². The van der Waals surface area contributed by atoms with E-state index in [0.717, 1.165) is 54.9 Å². The number of amides is 1. The van der Waals surface area contributed by atoms with Crippen molar-refractivity contribution in [2.75, 3.05) is 32.1 Å². The van der Waals surface area contributed by atoms with Gasteiger partial charge in [0.2, 0.25) is 0 Å². The maximum Gasteiger partial charge on any atom is 0.254 e. The molecule has 5 rings (SSSR count). The lowest BCUT2D eigenvalue weighted by Gasteiger charge is -2.22. The molecule has 1 unspecified atom stereocenters. The Balaban J connectivity index is 1.28. The minimum Gasteiger partial charge on any atom is -0.381 e. The van der Waals surface area contributed by atoms with Gasteiger partial charge >= 0.3 is 0 Å². The van der Waals surface area contributed by atoms with E-state index in [2.05, 4.69) is 49.4 Å². The number of anilines is 1. The van der Waals surface area contributed by atoms with Crippen LogP contribution in [0.2, 0.25) is 0 Å². The first-order chi connectivity index (χ1) is 19.0. The fourth-order valence-corrected chi connectivity index (χ4v) is 4.94. The number of hydrogen-bond donors (Lipinski definition) is 2. The molecule has 1 amide bonds. The molecule has 2 atom stereocenters. The normalized spacial score (nSPS) is 15.6. The molecule has 4 heterocycles. The molecule has 0 bridgehead atoms. The van der Waals surface area contributed by atoms with Crippen molar-refractivity contribution in [2.45, 2.75) is 38.5 Å². The summed E-state index contributed by atoms with van der Waals surface area (Å²) in [6.07, 6.45) is 8.17. The summed E-state index contributed by atoms with van der Waals surface area (Å²) in [5.41, 5.74) is 3.18. The van der Waals surface area contributed by atoms with Crippen LogP contribution >= 0.6 is 0 Å². The second-order valence-electron chi connectivity index (χ2n) is 9.96. The lowest BCUT2D eigenvalue weighted by Crippen LogP contribution is -2.21. The zero-order valence-electron chi connectivity index (χ0n) is 22.3. The molecule has 4 aromatic rings. The lowest BCUT2D eigenvalue weighted by atomic mass is 9.87. The van der Waals surface area contributed by atoms with Crippen LogP contribution in [0.25, 0.3) is 22.2 Å². The Morgan fingerprint density at radius 3 is 2.59 bits per heavy atom. The van der Waals surface area contributed by atoms with Crippen molar-refractivity contribution in [3.05, 3.63) is 72.0 Å². The van der Waals surface area contributed by atoms with Crippen LogP contribution in [0.1, 0.15) is 60.3 Å². The van der Waals surface area contributed by atoms with Crippen LogP contribution < -0.4 is 10.6 Å². The highest BCUT2D eigenvalue weighted by molar-refractivity contribution is 6.06. The fourth-order valence-electron chi connectivity index (χ4n) is 4.94. The molecule has 1 aliphatic rings.